The Balaban J connectivity index is 1.48. The van der Waals surface area contributed by atoms with Crippen LogP contribution in [0.1, 0.15) is 30.1 Å². The van der Waals surface area contributed by atoms with Crippen molar-refractivity contribution in [3.63, 3.8) is 0 Å². The van der Waals surface area contributed by atoms with E-state index in [1.807, 2.05) is 6.07 Å². The van der Waals surface area contributed by atoms with Crippen LogP contribution in [0, 0.1) is 5.92 Å². The molecular weight excluding hydrogens is 474 g/mol. The number of thiazole rings is 1. The largest absolute Gasteiger partial charge is 0.497 e. The average molecular weight is 502 g/mol. The number of aromatic nitrogens is 1. The second-order valence-corrected chi connectivity index (χ2v) is 11.2. The van der Waals surface area contributed by atoms with Crippen molar-refractivity contribution >= 4 is 32.3 Å². The van der Waals surface area contributed by atoms with Crippen LogP contribution < -0.4 is 14.8 Å². The van der Waals surface area contributed by atoms with E-state index in [9.17, 15) is 13.2 Å². The quantitative estimate of drug-likeness (QED) is 0.512. The Morgan fingerprint density at radius 2 is 1.91 bits per heavy atom. The summed E-state index contributed by atoms with van der Waals surface area (Å²) < 4.78 is 38.1. The first-order chi connectivity index (χ1) is 16.3. The molecule has 0 radical (unpaired) electrons. The molecule has 1 aliphatic heterocycles. The van der Waals surface area contributed by atoms with E-state index < -0.39 is 10.0 Å². The highest BCUT2D eigenvalue weighted by molar-refractivity contribution is 7.89. The molecule has 1 fully saturated rings. The van der Waals surface area contributed by atoms with Gasteiger partial charge in [-0.05, 0) is 61.2 Å². The molecule has 0 aliphatic carbocycles. The summed E-state index contributed by atoms with van der Waals surface area (Å²) in [6.07, 6.45) is 3.47. The van der Waals surface area contributed by atoms with Gasteiger partial charge in [0.2, 0.25) is 10.0 Å². The molecule has 1 amide bonds. The second kappa shape index (κ2) is 10.1. The third-order valence-electron chi connectivity index (χ3n) is 5.75. The fourth-order valence-corrected chi connectivity index (χ4v) is 6.34. The lowest BCUT2D eigenvalue weighted by molar-refractivity contribution is 0.102. The van der Waals surface area contributed by atoms with Crippen molar-refractivity contribution in [1.82, 2.24) is 9.29 Å². The van der Waals surface area contributed by atoms with Crippen molar-refractivity contribution in [2.75, 3.05) is 32.6 Å². The first kappa shape index (κ1) is 24.2. The number of carbonyl (C=O) groups is 1. The Morgan fingerprint density at radius 1 is 1.15 bits per heavy atom. The molecule has 1 atom stereocenters. The molecule has 1 unspecified atom stereocenters. The molecule has 1 aromatic heterocycles. The number of nitrogens with zero attached hydrogens (tertiary/aromatic N) is 2. The summed E-state index contributed by atoms with van der Waals surface area (Å²) in [6.45, 7) is 3.11. The minimum atomic E-state index is -3.56. The number of rotatable bonds is 7. The lowest BCUT2D eigenvalue weighted by Crippen LogP contribution is -2.39. The van der Waals surface area contributed by atoms with Gasteiger partial charge in [-0.25, -0.2) is 13.4 Å². The summed E-state index contributed by atoms with van der Waals surface area (Å²) in [5.41, 5.74) is 1.12. The zero-order chi connectivity index (χ0) is 24.3. The van der Waals surface area contributed by atoms with Gasteiger partial charge in [-0.3, -0.25) is 4.79 Å². The normalized spacial score (nSPS) is 16.7. The molecule has 0 bridgehead atoms. The van der Waals surface area contributed by atoms with Gasteiger partial charge in [-0.15, -0.1) is 0 Å². The molecule has 10 heteroatoms. The Labute approximate surface area is 203 Å². The summed E-state index contributed by atoms with van der Waals surface area (Å²) >= 11 is 1.30. The standard InChI is InChI=1S/C24H27N3O5S2/c1-16-5-4-12-27(15-16)34(29,30)19-9-6-17(7-10-19)23(28)26-22-14-25-24(33-22)20-13-18(31-2)8-11-21(20)32-3/h6-11,13-14,16H,4-5,12,15H2,1-3H3,(H,26,28). The van der Waals surface area contributed by atoms with E-state index in [4.69, 9.17) is 9.47 Å². The molecule has 4 rings (SSSR count). The third kappa shape index (κ3) is 5.08. The van der Waals surface area contributed by atoms with Crippen molar-refractivity contribution in [2.24, 2.45) is 5.92 Å². The molecule has 0 saturated carbocycles. The Kier molecular flexibility index (Phi) is 7.20. The molecule has 1 aliphatic rings. The Morgan fingerprint density at radius 3 is 2.59 bits per heavy atom. The zero-order valence-electron chi connectivity index (χ0n) is 19.3. The molecule has 2 aromatic carbocycles. The van der Waals surface area contributed by atoms with E-state index in [1.54, 1.807) is 32.5 Å². The number of benzene rings is 2. The SMILES string of the molecule is COc1ccc(OC)c(-c2ncc(NC(=O)c3ccc(S(=O)(=O)N4CCCC(C)C4)cc3)s2)c1. The number of piperidine rings is 1. The monoisotopic (exact) mass is 501 g/mol. The van der Waals surface area contributed by atoms with Gasteiger partial charge in [0.1, 0.15) is 21.5 Å². The van der Waals surface area contributed by atoms with Crippen LogP contribution in [-0.4, -0.2) is 50.9 Å². The Bertz CT molecular complexity index is 1270. The second-order valence-electron chi connectivity index (χ2n) is 8.18. The first-order valence-corrected chi connectivity index (χ1v) is 13.2. The molecule has 2 heterocycles. The molecule has 3 aromatic rings. The maximum atomic E-state index is 12.9. The van der Waals surface area contributed by atoms with Gasteiger partial charge < -0.3 is 14.8 Å². The van der Waals surface area contributed by atoms with Crippen molar-refractivity contribution in [1.29, 1.82) is 0 Å². The van der Waals surface area contributed by atoms with Crippen molar-refractivity contribution in [3.05, 3.63) is 54.2 Å². The van der Waals surface area contributed by atoms with E-state index in [-0.39, 0.29) is 10.8 Å². The summed E-state index contributed by atoms with van der Waals surface area (Å²) in [4.78, 5) is 17.4. The minimum absolute atomic E-state index is 0.198. The maximum absolute atomic E-state index is 12.9. The van der Waals surface area contributed by atoms with Crippen LogP contribution in [0.25, 0.3) is 10.6 Å². The number of hydrogen-bond acceptors (Lipinski definition) is 7. The van der Waals surface area contributed by atoms with Crippen molar-refractivity contribution < 1.29 is 22.7 Å². The molecule has 8 nitrogen and oxygen atoms in total. The van der Waals surface area contributed by atoms with Gasteiger partial charge in [-0.2, -0.15) is 4.31 Å². The summed E-state index contributed by atoms with van der Waals surface area (Å²) in [6, 6.07) is 11.5. The van der Waals surface area contributed by atoms with Crippen LogP contribution in [0.2, 0.25) is 0 Å². The average Bonchev–Trinajstić information content (AvgIpc) is 3.32. The molecule has 1 N–H and O–H groups in total. The van der Waals surface area contributed by atoms with E-state index in [1.165, 1.54) is 39.9 Å². The van der Waals surface area contributed by atoms with Gasteiger partial charge >= 0.3 is 0 Å². The molecular formula is C24H27N3O5S2. The molecule has 34 heavy (non-hydrogen) atoms. The van der Waals surface area contributed by atoms with Gasteiger partial charge in [-0.1, -0.05) is 18.3 Å². The molecule has 1 saturated heterocycles. The molecule has 0 spiro atoms. The maximum Gasteiger partial charge on any atom is 0.256 e. The van der Waals surface area contributed by atoms with E-state index >= 15 is 0 Å². The van der Waals surface area contributed by atoms with Crippen LogP contribution in [0.5, 0.6) is 11.5 Å². The minimum Gasteiger partial charge on any atom is -0.497 e. The fraction of sp³-hybridized carbons (Fsp3) is 0.333. The van der Waals surface area contributed by atoms with E-state index in [0.29, 0.717) is 46.1 Å². The summed E-state index contributed by atoms with van der Waals surface area (Å²) in [5.74, 6) is 1.32. The molecule has 180 valence electrons. The number of nitrogens with one attached hydrogen (secondary N) is 1. The fourth-order valence-electron chi connectivity index (χ4n) is 3.91. The van der Waals surface area contributed by atoms with Crippen LogP contribution in [0.15, 0.2) is 53.6 Å². The van der Waals surface area contributed by atoms with Crippen molar-refractivity contribution in [2.45, 2.75) is 24.7 Å². The van der Waals surface area contributed by atoms with Gasteiger partial charge in [0.25, 0.3) is 5.91 Å². The number of sulfonamides is 1. The topological polar surface area (TPSA) is 97.8 Å². The van der Waals surface area contributed by atoms with Crippen LogP contribution in [0.4, 0.5) is 5.00 Å². The third-order valence-corrected chi connectivity index (χ3v) is 8.58. The lowest BCUT2D eigenvalue weighted by atomic mass is 10.0. The highest BCUT2D eigenvalue weighted by Gasteiger charge is 2.28. The zero-order valence-corrected chi connectivity index (χ0v) is 20.9. The van der Waals surface area contributed by atoms with E-state index in [2.05, 4.69) is 17.2 Å². The highest BCUT2D eigenvalue weighted by atomic mass is 32.2. The smallest absolute Gasteiger partial charge is 0.256 e. The number of carbonyl (C=O) groups excluding carboxylic acids is 1. The van der Waals surface area contributed by atoms with Crippen LogP contribution in [-0.2, 0) is 10.0 Å². The lowest BCUT2D eigenvalue weighted by Gasteiger charge is -2.30. The van der Waals surface area contributed by atoms with Gasteiger partial charge in [0.15, 0.2) is 0 Å². The Hall–Kier alpha value is -2.95. The number of amides is 1. The number of ether oxygens (including phenoxy) is 2. The number of anilines is 1. The van der Waals surface area contributed by atoms with Gasteiger partial charge in [0, 0.05) is 18.7 Å². The van der Waals surface area contributed by atoms with E-state index in [0.717, 1.165) is 18.4 Å². The summed E-state index contributed by atoms with van der Waals surface area (Å²) in [7, 11) is -0.398. The predicted molar refractivity (Wildman–Crippen MR) is 132 cm³/mol. The summed E-state index contributed by atoms with van der Waals surface area (Å²) in [5, 5.41) is 4.06. The van der Waals surface area contributed by atoms with Crippen LogP contribution >= 0.6 is 11.3 Å². The van der Waals surface area contributed by atoms with Crippen LogP contribution in [0.3, 0.4) is 0 Å². The van der Waals surface area contributed by atoms with Crippen molar-refractivity contribution in [3.8, 4) is 22.1 Å². The van der Waals surface area contributed by atoms with Gasteiger partial charge in [0.05, 0.1) is 30.9 Å². The predicted octanol–water partition coefficient (Wildman–Crippen LogP) is 4.50. The number of methoxy groups -OCH3 is 2. The highest BCUT2D eigenvalue weighted by Crippen LogP contribution is 2.37. The number of hydrogen-bond donors (Lipinski definition) is 1. The first-order valence-electron chi connectivity index (χ1n) is 10.9.